The lowest BCUT2D eigenvalue weighted by molar-refractivity contribution is -0.174. The monoisotopic (exact) mass is 684 g/mol. The summed E-state index contributed by atoms with van der Waals surface area (Å²) in [5, 5.41) is 22.3. The number of aliphatic hydroxyl groups is 1. The lowest BCUT2D eigenvalue weighted by Crippen LogP contribution is -2.50. The summed E-state index contributed by atoms with van der Waals surface area (Å²) < 4.78 is 22.0. The number of rotatable bonds is 11. The molecule has 0 saturated carbocycles. The summed E-state index contributed by atoms with van der Waals surface area (Å²) in [6.45, 7) is 19.9. The zero-order valence-corrected chi connectivity index (χ0v) is 30.0. The molecular weight excluding hydrogens is 628 g/mol. The number of carbonyl (C=O) groups is 4. The molecule has 2 rings (SSSR count). The van der Waals surface area contributed by atoms with Crippen molar-refractivity contribution in [3.8, 4) is 0 Å². The highest BCUT2D eigenvalue weighted by molar-refractivity contribution is 5.91. The Morgan fingerprint density at radius 3 is 1.54 bits per heavy atom. The van der Waals surface area contributed by atoms with E-state index < -0.39 is 40.9 Å². The summed E-state index contributed by atoms with van der Waals surface area (Å²) in [4.78, 5) is 61.4. The quantitative estimate of drug-likeness (QED) is 0.224. The van der Waals surface area contributed by atoms with Crippen LogP contribution in [0.5, 0.6) is 0 Å². The van der Waals surface area contributed by atoms with Crippen LogP contribution in [0.25, 0.3) is 0 Å². The van der Waals surface area contributed by atoms with E-state index in [0.29, 0.717) is 52.4 Å². The molecule has 274 valence electrons. The van der Waals surface area contributed by atoms with E-state index in [1.807, 2.05) is 61.1 Å². The van der Waals surface area contributed by atoms with Gasteiger partial charge in [0.25, 0.3) is 0 Å². The van der Waals surface area contributed by atoms with Gasteiger partial charge in [-0.1, -0.05) is 0 Å². The van der Waals surface area contributed by atoms with Crippen LogP contribution in [0, 0.1) is 0 Å². The van der Waals surface area contributed by atoms with Crippen LogP contribution in [-0.4, -0.2) is 160 Å². The molecule has 1 aliphatic rings. The Morgan fingerprint density at radius 1 is 0.750 bits per heavy atom. The number of ether oxygens (including phenoxy) is 3. The highest BCUT2D eigenvalue weighted by atomic mass is 16.6. The molecule has 1 unspecified atom stereocenters. The SMILES string of the molecule is CC(C)(C)OC(=O)CN1CCN(CC(=O)Nc2nc(C(=O)O)co2)CCN(CC(O)OC(C)(C)C)CCN(CC(=O)OC(C)(C)C)CC1. The zero-order chi connectivity index (χ0) is 36.3. The molecule has 1 aliphatic heterocycles. The van der Waals surface area contributed by atoms with Crippen LogP contribution in [0.1, 0.15) is 72.8 Å². The number of carboxylic acid groups (broad SMARTS) is 1. The van der Waals surface area contributed by atoms with Gasteiger partial charge >= 0.3 is 23.9 Å². The van der Waals surface area contributed by atoms with E-state index in [1.165, 1.54) is 0 Å². The number of hydrogen-bond donors (Lipinski definition) is 3. The maximum atomic E-state index is 13.0. The van der Waals surface area contributed by atoms with E-state index in [2.05, 4.69) is 10.3 Å². The number of hydrogen-bond acceptors (Lipinski definition) is 14. The molecule has 1 atom stereocenters. The maximum absolute atomic E-state index is 13.0. The molecule has 1 aromatic rings. The van der Waals surface area contributed by atoms with E-state index in [9.17, 15) is 24.3 Å². The third-order valence-corrected chi connectivity index (χ3v) is 6.72. The standard InChI is InChI=1S/C32H56N6O10/c1-30(2,3)46-25(40)19-36-12-10-35(18-24(39)34-29-33-23(22-45-29)28(43)44)11-13-37(20-26(41)47-31(4,5)6)15-17-38(16-14-36)21-27(42)48-32(7,8)9/h22,25,40H,10-21H2,1-9H3,(H,43,44)(H,33,34,39). The first kappa shape index (κ1) is 41.0. The highest BCUT2D eigenvalue weighted by Gasteiger charge is 2.26. The fraction of sp³-hybridized carbons (Fsp3) is 0.781. The topological polar surface area (TPSA) is 187 Å². The first-order chi connectivity index (χ1) is 22.1. The van der Waals surface area contributed by atoms with Crippen molar-refractivity contribution in [1.29, 1.82) is 0 Å². The molecule has 1 aromatic heterocycles. The van der Waals surface area contributed by atoms with Gasteiger partial charge in [-0.2, -0.15) is 4.98 Å². The largest absolute Gasteiger partial charge is 0.476 e. The van der Waals surface area contributed by atoms with Crippen LogP contribution < -0.4 is 5.32 Å². The molecule has 0 bridgehead atoms. The van der Waals surface area contributed by atoms with Crippen molar-refractivity contribution in [1.82, 2.24) is 24.6 Å². The number of carboxylic acids is 1. The second-order valence-electron chi connectivity index (χ2n) is 14.9. The van der Waals surface area contributed by atoms with Gasteiger partial charge in [-0.3, -0.25) is 39.3 Å². The molecule has 0 aliphatic carbocycles. The molecule has 1 saturated heterocycles. The van der Waals surface area contributed by atoms with E-state index in [0.717, 1.165) is 6.26 Å². The number of aromatic nitrogens is 1. The van der Waals surface area contributed by atoms with E-state index in [-0.39, 0.29) is 43.9 Å². The number of aliphatic hydroxyl groups excluding tert-OH is 1. The number of aromatic carboxylic acids is 1. The number of carbonyl (C=O) groups excluding carboxylic acids is 3. The van der Waals surface area contributed by atoms with Crippen LogP contribution >= 0.6 is 0 Å². The van der Waals surface area contributed by atoms with E-state index in [1.54, 1.807) is 20.8 Å². The van der Waals surface area contributed by atoms with Crippen LogP contribution in [0.2, 0.25) is 0 Å². The van der Waals surface area contributed by atoms with Crippen LogP contribution in [0.4, 0.5) is 6.01 Å². The smallest absolute Gasteiger partial charge is 0.357 e. The van der Waals surface area contributed by atoms with Crippen molar-refractivity contribution < 1.29 is 48.0 Å². The van der Waals surface area contributed by atoms with Crippen LogP contribution in [-0.2, 0) is 28.6 Å². The number of anilines is 1. The zero-order valence-electron chi connectivity index (χ0n) is 30.0. The predicted octanol–water partition coefficient (Wildman–Crippen LogP) is 1.35. The molecule has 1 fully saturated rings. The fourth-order valence-corrected chi connectivity index (χ4v) is 4.81. The van der Waals surface area contributed by atoms with Crippen molar-refractivity contribution >= 4 is 29.8 Å². The summed E-state index contributed by atoms with van der Waals surface area (Å²) in [5.74, 6) is -2.51. The Balaban J connectivity index is 2.28. The van der Waals surface area contributed by atoms with Crippen LogP contribution in [0.3, 0.4) is 0 Å². The number of amides is 1. The predicted molar refractivity (Wildman–Crippen MR) is 176 cm³/mol. The summed E-state index contributed by atoms with van der Waals surface area (Å²) in [6.07, 6.45) is -0.135. The van der Waals surface area contributed by atoms with Gasteiger partial charge in [0.05, 0.1) is 25.2 Å². The average molecular weight is 685 g/mol. The Bertz CT molecular complexity index is 1200. The van der Waals surface area contributed by atoms with Crippen molar-refractivity contribution in [2.75, 3.05) is 83.9 Å². The normalized spacial score (nSPS) is 18.0. The van der Waals surface area contributed by atoms with Gasteiger partial charge in [-0.25, -0.2) is 4.79 Å². The second-order valence-corrected chi connectivity index (χ2v) is 14.9. The summed E-state index contributed by atoms with van der Waals surface area (Å²) in [6, 6.07) is -0.229. The lowest BCUT2D eigenvalue weighted by Gasteiger charge is -2.35. The Labute approximate surface area is 283 Å². The van der Waals surface area contributed by atoms with Gasteiger partial charge in [-0.15, -0.1) is 0 Å². The first-order valence-corrected chi connectivity index (χ1v) is 16.2. The minimum Gasteiger partial charge on any atom is -0.476 e. The summed E-state index contributed by atoms with van der Waals surface area (Å²) in [7, 11) is 0. The first-order valence-electron chi connectivity index (χ1n) is 16.2. The van der Waals surface area contributed by atoms with Crippen molar-refractivity contribution in [3.05, 3.63) is 12.0 Å². The fourth-order valence-electron chi connectivity index (χ4n) is 4.81. The van der Waals surface area contributed by atoms with Gasteiger partial charge in [0.1, 0.15) is 17.5 Å². The van der Waals surface area contributed by atoms with Gasteiger partial charge < -0.3 is 28.8 Å². The third kappa shape index (κ3) is 17.8. The molecule has 0 spiro atoms. The van der Waals surface area contributed by atoms with E-state index >= 15 is 0 Å². The molecule has 2 heterocycles. The number of nitrogens with zero attached hydrogens (tertiary/aromatic N) is 5. The molecule has 16 nitrogen and oxygen atoms in total. The number of oxazole rings is 1. The highest BCUT2D eigenvalue weighted by Crippen LogP contribution is 2.13. The Morgan fingerprint density at radius 2 is 1.17 bits per heavy atom. The van der Waals surface area contributed by atoms with Gasteiger partial charge in [-0.05, 0) is 62.3 Å². The van der Waals surface area contributed by atoms with E-state index in [4.69, 9.17) is 23.7 Å². The minimum atomic E-state index is -1.28. The number of nitrogens with one attached hydrogen (secondary N) is 1. The lowest BCUT2D eigenvalue weighted by atomic mass is 10.2. The molecule has 0 radical (unpaired) electrons. The minimum absolute atomic E-state index is 0.00826. The third-order valence-electron chi connectivity index (χ3n) is 6.72. The van der Waals surface area contributed by atoms with Crippen molar-refractivity contribution in [2.24, 2.45) is 0 Å². The molecule has 0 aromatic carbocycles. The van der Waals surface area contributed by atoms with Gasteiger partial charge in [0, 0.05) is 58.9 Å². The van der Waals surface area contributed by atoms with Crippen molar-refractivity contribution in [3.63, 3.8) is 0 Å². The molecule has 48 heavy (non-hydrogen) atoms. The van der Waals surface area contributed by atoms with Gasteiger partial charge in [0.15, 0.2) is 12.0 Å². The Hall–Kier alpha value is -3.15. The summed E-state index contributed by atoms with van der Waals surface area (Å²) in [5.41, 5.74) is -2.21. The molecule has 16 heteroatoms. The second kappa shape index (κ2) is 18.0. The molecule has 3 N–H and O–H groups in total. The molecule has 1 amide bonds. The Kier molecular flexibility index (Phi) is 15.4. The summed E-state index contributed by atoms with van der Waals surface area (Å²) >= 11 is 0. The van der Waals surface area contributed by atoms with Crippen molar-refractivity contribution in [2.45, 2.75) is 85.4 Å². The van der Waals surface area contributed by atoms with Gasteiger partial charge in [0.2, 0.25) is 5.91 Å². The van der Waals surface area contributed by atoms with Crippen LogP contribution in [0.15, 0.2) is 10.7 Å². The number of β-amino-alcohol motifs (C(OH)–C–C–N with tert-alkyl or cyclic N) is 1. The maximum Gasteiger partial charge on any atom is 0.357 e. The number of esters is 2. The average Bonchev–Trinajstić information content (AvgIpc) is 3.35. The molecular formula is C32H56N6O10.